The molecule has 150 valence electrons. The van der Waals surface area contributed by atoms with E-state index in [1.54, 1.807) is 20.1 Å². The first-order valence-corrected chi connectivity index (χ1v) is 9.24. The van der Waals surface area contributed by atoms with E-state index < -0.39 is 25.2 Å². The van der Waals surface area contributed by atoms with E-state index in [0.717, 1.165) is 31.6 Å². The molecule has 1 saturated carbocycles. The SMILES string of the molecule is [2H]C([2H])(F)COC[C@H](C)NC(=O)c1ccc(N2CC(OC)C2)c(OCC2CC2)n1. The molecule has 1 aliphatic carbocycles. The van der Waals surface area contributed by atoms with E-state index in [0.29, 0.717) is 18.4 Å². The monoisotopic (exact) mass is 383 g/mol. The number of methoxy groups -OCH3 is 1. The Hall–Kier alpha value is -1.93. The minimum atomic E-state index is -2.90. The molecule has 0 radical (unpaired) electrons. The minimum absolute atomic E-state index is 0.00945. The van der Waals surface area contributed by atoms with Gasteiger partial charge in [-0.2, -0.15) is 0 Å². The van der Waals surface area contributed by atoms with Crippen LogP contribution in [0, 0.1) is 5.92 Å². The van der Waals surface area contributed by atoms with Crippen molar-refractivity contribution in [2.75, 3.05) is 51.5 Å². The number of nitrogens with one attached hydrogen (secondary N) is 1. The highest BCUT2D eigenvalue weighted by Crippen LogP contribution is 2.34. The molecule has 1 amide bonds. The Labute approximate surface area is 162 Å². The third-order valence-corrected chi connectivity index (χ3v) is 4.65. The lowest BCUT2D eigenvalue weighted by Gasteiger charge is -2.40. The molecule has 3 rings (SSSR count). The first-order valence-electron chi connectivity index (χ1n) is 10.2. The van der Waals surface area contributed by atoms with Crippen LogP contribution < -0.4 is 15.0 Å². The zero-order valence-electron chi connectivity index (χ0n) is 17.7. The molecule has 0 spiro atoms. The van der Waals surface area contributed by atoms with Gasteiger partial charge in [0, 0.05) is 26.2 Å². The second-order valence-corrected chi connectivity index (χ2v) is 7.06. The van der Waals surface area contributed by atoms with Crippen molar-refractivity contribution in [3.63, 3.8) is 0 Å². The van der Waals surface area contributed by atoms with Crippen LogP contribution in [0.25, 0.3) is 0 Å². The molecule has 1 aromatic rings. The van der Waals surface area contributed by atoms with E-state index >= 15 is 0 Å². The summed E-state index contributed by atoms with van der Waals surface area (Å²) in [6.45, 7) is 0.188. The Morgan fingerprint density at radius 3 is 2.93 bits per heavy atom. The molecular formula is C19H28FN3O4. The normalized spacial score (nSPS) is 19.7. The number of halogens is 1. The zero-order chi connectivity index (χ0) is 21.0. The third kappa shape index (κ3) is 5.52. The summed E-state index contributed by atoms with van der Waals surface area (Å²) in [4.78, 5) is 19.0. The molecule has 1 N–H and O–H groups in total. The molecule has 27 heavy (non-hydrogen) atoms. The van der Waals surface area contributed by atoms with Crippen LogP contribution in [0.3, 0.4) is 0 Å². The Kier molecular flexibility index (Phi) is 5.93. The summed E-state index contributed by atoms with van der Waals surface area (Å²) in [7, 11) is 1.69. The number of carbonyl (C=O) groups is 1. The molecule has 2 heterocycles. The van der Waals surface area contributed by atoms with Gasteiger partial charge in [0.1, 0.15) is 18.0 Å². The molecule has 1 aromatic heterocycles. The Bertz CT molecular complexity index is 709. The molecule has 1 saturated heterocycles. The number of nitrogens with zero attached hydrogens (tertiary/aromatic N) is 2. The molecule has 1 aliphatic heterocycles. The van der Waals surface area contributed by atoms with Crippen LogP contribution in [0.15, 0.2) is 12.1 Å². The molecule has 1 atom stereocenters. The summed E-state index contributed by atoms with van der Waals surface area (Å²) >= 11 is 0. The fourth-order valence-corrected chi connectivity index (χ4v) is 2.79. The summed E-state index contributed by atoms with van der Waals surface area (Å²) in [5.41, 5.74) is 1.06. The van der Waals surface area contributed by atoms with E-state index in [9.17, 15) is 9.18 Å². The topological polar surface area (TPSA) is 72.9 Å². The lowest BCUT2D eigenvalue weighted by atomic mass is 10.1. The number of rotatable bonds is 11. The van der Waals surface area contributed by atoms with E-state index in [1.165, 1.54) is 0 Å². The van der Waals surface area contributed by atoms with Crippen LogP contribution in [0.2, 0.25) is 0 Å². The lowest BCUT2D eigenvalue weighted by Crippen LogP contribution is -2.52. The van der Waals surface area contributed by atoms with Crippen LogP contribution in [0.1, 0.15) is 33.0 Å². The number of carbonyl (C=O) groups excluding carboxylic acids is 1. The molecule has 8 heteroatoms. The van der Waals surface area contributed by atoms with Crippen molar-refractivity contribution in [2.45, 2.75) is 31.9 Å². The predicted molar refractivity (Wildman–Crippen MR) is 99.2 cm³/mol. The van der Waals surface area contributed by atoms with Crippen molar-refractivity contribution in [3.8, 4) is 5.88 Å². The average molecular weight is 383 g/mol. The number of amides is 1. The zero-order valence-corrected chi connectivity index (χ0v) is 15.7. The highest BCUT2D eigenvalue weighted by atomic mass is 19.1. The van der Waals surface area contributed by atoms with Crippen LogP contribution in [-0.2, 0) is 9.47 Å². The number of pyridine rings is 1. The maximum absolute atomic E-state index is 12.8. The van der Waals surface area contributed by atoms with Crippen LogP contribution in [0.4, 0.5) is 10.1 Å². The second-order valence-electron chi connectivity index (χ2n) is 7.06. The molecular weight excluding hydrogens is 353 g/mol. The van der Waals surface area contributed by atoms with Gasteiger partial charge in [-0.1, -0.05) is 0 Å². The van der Waals surface area contributed by atoms with E-state index in [-0.39, 0.29) is 18.4 Å². The van der Waals surface area contributed by atoms with Gasteiger partial charge in [0.25, 0.3) is 5.91 Å². The van der Waals surface area contributed by atoms with Crippen molar-refractivity contribution in [3.05, 3.63) is 17.8 Å². The van der Waals surface area contributed by atoms with Gasteiger partial charge in [-0.05, 0) is 37.8 Å². The number of hydrogen-bond donors (Lipinski definition) is 1. The smallest absolute Gasteiger partial charge is 0.270 e. The first-order chi connectivity index (χ1) is 13.7. The minimum Gasteiger partial charge on any atom is -0.476 e. The fraction of sp³-hybridized carbons (Fsp3) is 0.684. The third-order valence-electron chi connectivity index (χ3n) is 4.65. The first kappa shape index (κ1) is 17.2. The predicted octanol–water partition coefficient (Wildman–Crippen LogP) is 1.81. The van der Waals surface area contributed by atoms with Crippen molar-refractivity contribution >= 4 is 11.6 Å². The lowest BCUT2D eigenvalue weighted by molar-refractivity contribution is 0.0781. The standard InChI is InChI=1S/C19H28FN3O4/c1-13(11-26-8-7-20)21-18(24)16-5-6-17(23-9-15(10-23)25-2)19(22-16)27-12-14-3-4-14/h5-6,13-15H,3-4,7-12H2,1-2H3,(H,21,24)/t13-/m0/s1/i7D2. The molecule has 0 unspecified atom stereocenters. The van der Waals surface area contributed by atoms with E-state index in [1.807, 2.05) is 6.07 Å². The molecule has 2 fully saturated rings. The van der Waals surface area contributed by atoms with E-state index in [4.69, 9.17) is 17.0 Å². The molecule has 2 aliphatic rings. The van der Waals surface area contributed by atoms with Crippen molar-refractivity contribution in [1.29, 1.82) is 0 Å². The van der Waals surface area contributed by atoms with Gasteiger partial charge in [0.2, 0.25) is 5.88 Å². The number of alkyl halides is 1. The Morgan fingerprint density at radius 1 is 1.48 bits per heavy atom. The van der Waals surface area contributed by atoms with Crippen LogP contribution >= 0.6 is 0 Å². The quantitative estimate of drug-likeness (QED) is 0.628. The van der Waals surface area contributed by atoms with Gasteiger partial charge < -0.3 is 24.4 Å². The van der Waals surface area contributed by atoms with Gasteiger partial charge >= 0.3 is 0 Å². The number of anilines is 1. The second kappa shape index (κ2) is 9.32. The van der Waals surface area contributed by atoms with Crippen LogP contribution in [0.5, 0.6) is 5.88 Å². The fourth-order valence-electron chi connectivity index (χ4n) is 2.79. The number of hydrogen-bond acceptors (Lipinski definition) is 6. The van der Waals surface area contributed by atoms with Crippen molar-refractivity contribution in [2.24, 2.45) is 5.92 Å². The Morgan fingerprint density at radius 2 is 2.26 bits per heavy atom. The van der Waals surface area contributed by atoms with Gasteiger partial charge in [-0.15, -0.1) is 0 Å². The summed E-state index contributed by atoms with van der Waals surface area (Å²) < 4.78 is 42.6. The maximum atomic E-state index is 12.8. The molecule has 0 aromatic carbocycles. The van der Waals surface area contributed by atoms with Gasteiger partial charge in [0.05, 0.1) is 28.7 Å². The highest BCUT2D eigenvalue weighted by molar-refractivity contribution is 5.93. The van der Waals surface area contributed by atoms with E-state index in [2.05, 4.69) is 15.2 Å². The number of aromatic nitrogens is 1. The van der Waals surface area contributed by atoms with Gasteiger partial charge in [0.15, 0.2) is 0 Å². The summed E-state index contributed by atoms with van der Waals surface area (Å²) in [6, 6.07) is 3.04. The van der Waals surface area contributed by atoms with Crippen molar-refractivity contribution in [1.82, 2.24) is 10.3 Å². The van der Waals surface area contributed by atoms with Gasteiger partial charge in [-0.3, -0.25) is 4.79 Å². The average Bonchev–Trinajstić information content (AvgIpc) is 3.43. The van der Waals surface area contributed by atoms with Crippen molar-refractivity contribution < 1.29 is 26.1 Å². The summed E-state index contributed by atoms with van der Waals surface area (Å²) in [5, 5.41) is 2.72. The largest absolute Gasteiger partial charge is 0.476 e. The highest BCUT2D eigenvalue weighted by Gasteiger charge is 2.30. The van der Waals surface area contributed by atoms with Crippen LogP contribution in [-0.4, -0.2) is 69.7 Å². The molecule has 0 bridgehead atoms. The number of ether oxygens (including phenoxy) is 3. The maximum Gasteiger partial charge on any atom is 0.270 e. The molecule has 7 nitrogen and oxygen atoms in total. The summed E-state index contributed by atoms with van der Waals surface area (Å²) in [6.07, 6.45) is 2.49. The van der Waals surface area contributed by atoms with Gasteiger partial charge in [-0.25, -0.2) is 9.37 Å². The Balaban J connectivity index is 1.60. The summed E-state index contributed by atoms with van der Waals surface area (Å²) in [5.74, 6) is 0.596.